The lowest BCUT2D eigenvalue weighted by atomic mass is 10.0. The molecule has 4 aromatic rings. The Bertz CT molecular complexity index is 1350. The third kappa shape index (κ3) is 4.91. The van der Waals surface area contributed by atoms with E-state index >= 15 is 0 Å². The minimum atomic E-state index is -0.0116. The van der Waals surface area contributed by atoms with E-state index in [1.165, 1.54) is 29.5 Å². The van der Waals surface area contributed by atoms with Gasteiger partial charge < -0.3 is 4.98 Å². The van der Waals surface area contributed by atoms with Crippen LogP contribution in [0.3, 0.4) is 0 Å². The summed E-state index contributed by atoms with van der Waals surface area (Å²) < 4.78 is 1.92. The Hall–Kier alpha value is -3.32. The Kier molecular flexibility index (Phi) is 6.77. The zero-order valence-corrected chi connectivity index (χ0v) is 20.9. The first-order chi connectivity index (χ1) is 17.0. The molecule has 0 spiro atoms. The molecule has 2 aromatic heterocycles. The van der Waals surface area contributed by atoms with Gasteiger partial charge in [-0.15, -0.1) is 5.10 Å². The highest BCUT2D eigenvalue weighted by Crippen LogP contribution is 2.33. The van der Waals surface area contributed by atoms with Gasteiger partial charge in [0.25, 0.3) is 5.56 Å². The SMILES string of the molecule is CC[C@H](c1nnnn1Cc1ccccc1)N(Cc1cc2cc(C)c(C)cc2[nH]c1=O)C1CCCC1. The molecule has 182 valence electrons. The van der Waals surface area contributed by atoms with Crippen LogP contribution in [0.25, 0.3) is 10.9 Å². The summed E-state index contributed by atoms with van der Waals surface area (Å²) in [6.45, 7) is 7.59. The van der Waals surface area contributed by atoms with E-state index in [1.807, 2.05) is 22.9 Å². The lowest BCUT2D eigenvalue weighted by Crippen LogP contribution is -2.39. The zero-order chi connectivity index (χ0) is 24.4. The fraction of sp³-hybridized carbons (Fsp3) is 0.429. The molecular formula is C28H34N6O. The van der Waals surface area contributed by atoms with Crippen molar-refractivity contribution in [3.8, 4) is 0 Å². The fourth-order valence-corrected chi connectivity index (χ4v) is 5.45. The molecular weight excluding hydrogens is 436 g/mol. The van der Waals surface area contributed by atoms with Gasteiger partial charge in [-0.2, -0.15) is 0 Å². The number of aromatic nitrogens is 5. The molecule has 1 atom stereocenters. The van der Waals surface area contributed by atoms with Crippen molar-refractivity contribution in [3.05, 3.63) is 87.0 Å². The number of H-pyrrole nitrogens is 1. The number of tetrazole rings is 1. The summed E-state index contributed by atoms with van der Waals surface area (Å²) in [6.07, 6.45) is 5.59. The highest BCUT2D eigenvalue weighted by molar-refractivity contribution is 5.80. The van der Waals surface area contributed by atoms with E-state index in [0.29, 0.717) is 19.1 Å². The molecule has 7 nitrogen and oxygen atoms in total. The van der Waals surface area contributed by atoms with Crippen LogP contribution in [-0.2, 0) is 13.1 Å². The molecule has 5 rings (SSSR count). The molecule has 2 aromatic carbocycles. The van der Waals surface area contributed by atoms with Crippen molar-refractivity contribution in [2.45, 2.75) is 78.0 Å². The van der Waals surface area contributed by atoms with Gasteiger partial charge in [-0.3, -0.25) is 9.69 Å². The number of aromatic amines is 1. The minimum Gasteiger partial charge on any atom is -0.322 e. The van der Waals surface area contributed by atoms with Crippen LogP contribution in [0.2, 0.25) is 0 Å². The van der Waals surface area contributed by atoms with Gasteiger partial charge in [-0.25, -0.2) is 4.68 Å². The maximum atomic E-state index is 13.2. The summed E-state index contributed by atoms with van der Waals surface area (Å²) in [4.78, 5) is 18.8. The number of rotatable bonds is 8. The quantitative estimate of drug-likeness (QED) is 0.389. The molecule has 0 saturated heterocycles. The van der Waals surface area contributed by atoms with E-state index in [0.717, 1.165) is 41.6 Å². The number of nitrogens with zero attached hydrogens (tertiary/aromatic N) is 5. The Labute approximate surface area is 206 Å². The van der Waals surface area contributed by atoms with E-state index in [2.05, 4.69) is 76.5 Å². The molecule has 0 bridgehead atoms. The summed E-state index contributed by atoms with van der Waals surface area (Å²) in [7, 11) is 0. The topological polar surface area (TPSA) is 79.7 Å². The Morgan fingerprint density at radius 1 is 1.09 bits per heavy atom. The number of aryl methyl sites for hydroxylation is 2. The van der Waals surface area contributed by atoms with Gasteiger partial charge >= 0.3 is 0 Å². The molecule has 1 fully saturated rings. The molecule has 1 aliphatic rings. The van der Waals surface area contributed by atoms with Crippen LogP contribution in [0.5, 0.6) is 0 Å². The van der Waals surface area contributed by atoms with Gasteiger partial charge in [0, 0.05) is 23.7 Å². The van der Waals surface area contributed by atoms with Crippen LogP contribution < -0.4 is 5.56 Å². The van der Waals surface area contributed by atoms with Gasteiger partial charge in [0.1, 0.15) is 0 Å². The van der Waals surface area contributed by atoms with Crippen LogP contribution in [0.1, 0.15) is 73.1 Å². The normalized spacial score (nSPS) is 15.3. The molecule has 0 unspecified atom stereocenters. The first kappa shape index (κ1) is 23.4. The van der Waals surface area contributed by atoms with E-state index < -0.39 is 0 Å². The highest BCUT2D eigenvalue weighted by Gasteiger charge is 2.32. The van der Waals surface area contributed by atoms with Crippen molar-refractivity contribution in [2.75, 3.05) is 0 Å². The number of nitrogens with one attached hydrogen (secondary N) is 1. The van der Waals surface area contributed by atoms with E-state index in [1.54, 1.807) is 0 Å². The molecule has 0 radical (unpaired) electrons. The van der Waals surface area contributed by atoms with Gasteiger partial charge in [-0.05, 0) is 83.8 Å². The largest absolute Gasteiger partial charge is 0.322 e. The third-order valence-corrected chi connectivity index (χ3v) is 7.50. The van der Waals surface area contributed by atoms with Gasteiger partial charge in [-0.1, -0.05) is 50.1 Å². The molecule has 7 heteroatoms. The molecule has 0 amide bonds. The summed E-state index contributed by atoms with van der Waals surface area (Å²) >= 11 is 0. The number of pyridine rings is 1. The highest BCUT2D eigenvalue weighted by atomic mass is 16.1. The van der Waals surface area contributed by atoms with Gasteiger partial charge in [0.15, 0.2) is 5.82 Å². The van der Waals surface area contributed by atoms with Crippen molar-refractivity contribution in [2.24, 2.45) is 0 Å². The van der Waals surface area contributed by atoms with Crippen LogP contribution >= 0.6 is 0 Å². The summed E-state index contributed by atoms with van der Waals surface area (Å²) in [5.74, 6) is 0.868. The molecule has 1 N–H and O–H groups in total. The molecule has 1 saturated carbocycles. The van der Waals surface area contributed by atoms with Crippen molar-refractivity contribution in [3.63, 3.8) is 0 Å². The lowest BCUT2D eigenvalue weighted by molar-refractivity contribution is 0.112. The summed E-state index contributed by atoms with van der Waals surface area (Å²) in [5, 5.41) is 13.9. The number of hydrogen-bond donors (Lipinski definition) is 1. The second-order valence-corrected chi connectivity index (χ2v) is 9.86. The van der Waals surface area contributed by atoms with Gasteiger partial charge in [0.2, 0.25) is 0 Å². The number of hydrogen-bond acceptors (Lipinski definition) is 5. The van der Waals surface area contributed by atoms with E-state index in [9.17, 15) is 4.79 Å². The summed E-state index contributed by atoms with van der Waals surface area (Å²) in [5.41, 5.74) is 5.27. The average molecular weight is 471 g/mol. The van der Waals surface area contributed by atoms with E-state index in [-0.39, 0.29) is 11.6 Å². The minimum absolute atomic E-state index is 0.0116. The van der Waals surface area contributed by atoms with Crippen LogP contribution in [0.4, 0.5) is 0 Å². The number of benzene rings is 2. The van der Waals surface area contributed by atoms with Crippen LogP contribution in [-0.4, -0.2) is 36.1 Å². The second kappa shape index (κ2) is 10.1. The summed E-state index contributed by atoms with van der Waals surface area (Å²) in [6, 6.07) is 17.0. The standard InChI is InChI=1S/C28H34N6O/c1-4-26(27-30-31-32-34(27)17-21-10-6-5-7-11-21)33(24-12-8-9-13-24)18-23-16-22-14-19(2)20(3)15-25(22)29-28(23)35/h5-7,10-11,14-16,24,26H,4,8-9,12-13,17-18H2,1-3H3,(H,29,35)/t26-/m1/s1. The number of fused-ring (bicyclic) bond motifs is 1. The third-order valence-electron chi connectivity index (χ3n) is 7.50. The molecule has 35 heavy (non-hydrogen) atoms. The van der Waals surface area contributed by atoms with Crippen LogP contribution in [0, 0.1) is 13.8 Å². The van der Waals surface area contributed by atoms with Crippen molar-refractivity contribution in [1.29, 1.82) is 0 Å². The smallest absolute Gasteiger partial charge is 0.252 e. The zero-order valence-electron chi connectivity index (χ0n) is 20.9. The van der Waals surface area contributed by atoms with Gasteiger partial charge in [0.05, 0.1) is 12.6 Å². The monoisotopic (exact) mass is 470 g/mol. The van der Waals surface area contributed by atoms with E-state index in [4.69, 9.17) is 0 Å². The first-order valence-electron chi connectivity index (χ1n) is 12.7. The second-order valence-electron chi connectivity index (χ2n) is 9.86. The Balaban J connectivity index is 1.51. The van der Waals surface area contributed by atoms with Crippen molar-refractivity contribution >= 4 is 10.9 Å². The molecule has 0 aliphatic heterocycles. The predicted octanol–water partition coefficient (Wildman–Crippen LogP) is 5.08. The maximum Gasteiger partial charge on any atom is 0.252 e. The fourth-order valence-electron chi connectivity index (χ4n) is 5.45. The Morgan fingerprint density at radius 2 is 1.83 bits per heavy atom. The predicted molar refractivity (Wildman–Crippen MR) is 138 cm³/mol. The van der Waals surface area contributed by atoms with Crippen molar-refractivity contribution in [1.82, 2.24) is 30.1 Å². The molecule has 2 heterocycles. The first-order valence-corrected chi connectivity index (χ1v) is 12.7. The Morgan fingerprint density at radius 3 is 2.57 bits per heavy atom. The maximum absolute atomic E-state index is 13.2. The lowest BCUT2D eigenvalue weighted by Gasteiger charge is -2.35. The average Bonchev–Trinajstić information content (AvgIpc) is 3.54. The molecule has 1 aliphatic carbocycles. The van der Waals surface area contributed by atoms with Crippen molar-refractivity contribution < 1.29 is 0 Å². The van der Waals surface area contributed by atoms with Crippen LogP contribution in [0.15, 0.2) is 53.3 Å².